The molecule has 27 heavy (non-hydrogen) atoms. The standard InChI is InChI=1S/C22H24ClNO3/c23-18-9-5-16(6-10-18)21(15-3-4-15)24-22(25)17-7-11-19(12-8-17)27-14-20-2-1-13-26-20/h5-12,15,20-21H,1-4,13-14H2,(H,24,25)/t20-,21-/m1/s1. The molecule has 4 rings (SSSR count). The van der Waals surface area contributed by atoms with Gasteiger partial charge in [-0.05, 0) is 73.6 Å². The van der Waals surface area contributed by atoms with Crippen LogP contribution in [0.4, 0.5) is 0 Å². The fourth-order valence-electron chi connectivity index (χ4n) is 3.47. The molecule has 0 radical (unpaired) electrons. The molecule has 1 heterocycles. The van der Waals surface area contributed by atoms with E-state index in [0.29, 0.717) is 23.1 Å². The largest absolute Gasteiger partial charge is 0.491 e. The lowest BCUT2D eigenvalue weighted by Crippen LogP contribution is -2.29. The van der Waals surface area contributed by atoms with E-state index in [1.165, 1.54) is 0 Å². The van der Waals surface area contributed by atoms with E-state index in [9.17, 15) is 4.79 Å². The highest BCUT2D eigenvalue weighted by molar-refractivity contribution is 6.30. The lowest BCUT2D eigenvalue weighted by atomic mass is 10.0. The van der Waals surface area contributed by atoms with Crippen LogP contribution >= 0.6 is 11.6 Å². The van der Waals surface area contributed by atoms with Gasteiger partial charge in [-0.3, -0.25) is 4.79 Å². The van der Waals surface area contributed by atoms with E-state index in [-0.39, 0.29) is 18.1 Å². The molecule has 2 aliphatic rings. The van der Waals surface area contributed by atoms with Crippen LogP contribution in [0.2, 0.25) is 5.02 Å². The Hall–Kier alpha value is -2.04. The first-order chi connectivity index (χ1) is 13.2. The van der Waals surface area contributed by atoms with Gasteiger partial charge in [0.05, 0.1) is 12.1 Å². The third-order valence-corrected chi connectivity index (χ3v) is 5.44. The molecule has 2 aromatic carbocycles. The first-order valence-corrected chi connectivity index (χ1v) is 9.97. The molecule has 0 spiro atoms. The van der Waals surface area contributed by atoms with Gasteiger partial charge in [-0.1, -0.05) is 23.7 Å². The summed E-state index contributed by atoms with van der Waals surface area (Å²) in [5.74, 6) is 1.20. The van der Waals surface area contributed by atoms with Crippen LogP contribution in [-0.2, 0) is 4.74 Å². The van der Waals surface area contributed by atoms with Gasteiger partial charge in [-0.25, -0.2) is 0 Å². The van der Waals surface area contributed by atoms with Crippen molar-refractivity contribution < 1.29 is 14.3 Å². The molecule has 2 fully saturated rings. The van der Waals surface area contributed by atoms with Crippen LogP contribution in [0.15, 0.2) is 48.5 Å². The molecule has 0 bridgehead atoms. The van der Waals surface area contributed by atoms with Crippen molar-refractivity contribution in [3.05, 3.63) is 64.7 Å². The van der Waals surface area contributed by atoms with E-state index in [4.69, 9.17) is 21.1 Å². The number of halogens is 1. The molecule has 2 aromatic rings. The van der Waals surface area contributed by atoms with Crippen LogP contribution < -0.4 is 10.1 Å². The zero-order valence-corrected chi connectivity index (χ0v) is 16.0. The summed E-state index contributed by atoms with van der Waals surface area (Å²) < 4.78 is 11.3. The summed E-state index contributed by atoms with van der Waals surface area (Å²) in [6, 6.07) is 15.1. The van der Waals surface area contributed by atoms with Gasteiger partial charge in [0, 0.05) is 17.2 Å². The monoisotopic (exact) mass is 385 g/mol. The summed E-state index contributed by atoms with van der Waals surface area (Å²) in [4.78, 5) is 12.7. The van der Waals surface area contributed by atoms with Crippen LogP contribution in [0.1, 0.15) is 47.6 Å². The zero-order valence-electron chi connectivity index (χ0n) is 15.2. The quantitative estimate of drug-likeness (QED) is 0.746. The van der Waals surface area contributed by atoms with E-state index < -0.39 is 0 Å². The first kappa shape index (κ1) is 18.3. The summed E-state index contributed by atoms with van der Waals surface area (Å²) >= 11 is 5.99. The highest BCUT2D eigenvalue weighted by Gasteiger charge is 2.33. The van der Waals surface area contributed by atoms with Gasteiger partial charge in [0.15, 0.2) is 0 Å². The Morgan fingerprint density at radius 3 is 2.48 bits per heavy atom. The second-order valence-electron chi connectivity index (χ2n) is 7.31. The number of hydrogen-bond donors (Lipinski definition) is 1. The molecule has 142 valence electrons. The maximum absolute atomic E-state index is 12.7. The number of carbonyl (C=O) groups is 1. The van der Waals surface area contributed by atoms with Gasteiger partial charge < -0.3 is 14.8 Å². The zero-order chi connectivity index (χ0) is 18.6. The van der Waals surface area contributed by atoms with E-state index in [2.05, 4.69) is 5.32 Å². The smallest absolute Gasteiger partial charge is 0.251 e. The van der Waals surface area contributed by atoms with Gasteiger partial charge in [0.25, 0.3) is 5.91 Å². The minimum Gasteiger partial charge on any atom is -0.491 e. The molecule has 1 saturated heterocycles. The topological polar surface area (TPSA) is 47.6 Å². The minimum absolute atomic E-state index is 0.0326. The predicted molar refractivity (Wildman–Crippen MR) is 105 cm³/mol. The average Bonchev–Trinajstić information content (AvgIpc) is 3.40. The lowest BCUT2D eigenvalue weighted by Gasteiger charge is -2.19. The van der Waals surface area contributed by atoms with Gasteiger partial charge in [0.1, 0.15) is 12.4 Å². The second kappa shape index (κ2) is 8.32. The molecule has 0 unspecified atom stereocenters. The van der Waals surface area contributed by atoms with Crippen molar-refractivity contribution in [1.29, 1.82) is 0 Å². The number of hydrogen-bond acceptors (Lipinski definition) is 3. The molecule has 1 aliphatic carbocycles. The Morgan fingerprint density at radius 2 is 1.85 bits per heavy atom. The SMILES string of the molecule is O=C(N[C@@H](c1ccc(Cl)cc1)C1CC1)c1ccc(OC[C@H]2CCCO2)cc1. The van der Waals surface area contributed by atoms with Crippen molar-refractivity contribution in [2.24, 2.45) is 5.92 Å². The van der Waals surface area contributed by atoms with Crippen molar-refractivity contribution in [2.45, 2.75) is 37.8 Å². The highest BCUT2D eigenvalue weighted by Crippen LogP contribution is 2.41. The maximum Gasteiger partial charge on any atom is 0.251 e. The lowest BCUT2D eigenvalue weighted by molar-refractivity contribution is 0.0679. The van der Waals surface area contributed by atoms with E-state index in [1.54, 1.807) is 0 Å². The number of carbonyl (C=O) groups excluding carboxylic acids is 1. The first-order valence-electron chi connectivity index (χ1n) is 9.60. The van der Waals surface area contributed by atoms with Crippen molar-refractivity contribution >= 4 is 17.5 Å². The van der Waals surface area contributed by atoms with Gasteiger partial charge in [-0.15, -0.1) is 0 Å². The Bertz CT molecular complexity index is 765. The second-order valence-corrected chi connectivity index (χ2v) is 7.75. The Morgan fingerprint density at radius 1 is 1.11 bits per heavy atom. The molecular weight excluding hydrogens is 362 g/mol. The van der Waals surface area contributed by atoms with Crippen LogP contribution in [0.3, 0.4) is 0 Å². The summed E-state index contributed by atoms with van der Waals surface area (Å²) in [5.41, 5.74) is 1.74. The Kier molecular flexibility index (Phi) is 5.65. The third kappa shape index (κ3) is 4.82. The Balaban J connectivity index is 1.37. The molecule has 2 atom stereocenters. The molecule has 4 nitrogen and oxygen atoms in total. The van der Waals surface area contributed by atoms with Crippen LogP contribution in [-0.4, -0.2) is 25.2 Å². The normalized spacial score (nSPS) is 20.3. The van der Waals surface area contributed by atoms with Crippen molar-refractivity contribution in [1.82, 2.24) is 5.32 Å². The molecule has 1 saturated carbocycles. The molecule has 1 amide bonds. The number of benzene rings is 2. The highest BCUT2D eigenvalue weighted by atomic mass is 35.5. The van der Waals surface area contributed by atoms with E-state index in [0.717, 1.165) is 43.6 Å². The van der Waals surface area contributed by atoms with E-state index >= 15 is 0 Å². The third-order valence-electron chi connectivity index (χ3n) is 5.19. The van der Waals surface area contributed by atoms with Gasteiger partial charge in [-0.2, -0.15) is 0 Å². The number of ether oxygens (including phenoxy) is 2. The number of nitrogens with one attached hydrogen (secondary N) is 1. The molecule has 1 aliphatic heterocycles. The summed E-state index contributed by atoms with van der Waals surface area (Å²) in [6.07, 6.45) is 4.62. The fourth-order valence-corrected chi connectivity index (χ4v) is 3.59. The van der Waals surface area contributed by atoms with Gasteiger partial charge in [0.2, 0.25) is 0 Å². The predicted octanol–water partition coefficient (Wildman–Crippen LogP) is 4.78. The van der Waals surface area contributed by atoms with Crippen LogP contribution in [0.5, 0.6) is 5.75 Å². The van der Waals surface area contributed by atoms with Crippen molar-refractivity contribution in [3.8, 4) is 5.75 Å². The van der Waals surface area contributed by atoms with Crippen molar-refractivity contribution in [3.63, 3.8) is 0 Å². The summed E-state index contributed by atoms with van der Waals surface area (Å²) in [7, 11) is 0. The molecule has 1 N–H and O–H groups in total. The maximum atomic E-state index is 12.7. The summed E-state index contributed by atoms with van der Waals surface area (Å²) in [5, 5.41) is 3.89. The molecular formula is C22H24ClNO3. The molecule has 0 aromatic heterocycles. The van der Waals surface area contributed by atoms with Crippen molar-refractivity contribution in [2.75, 3.05) is 13.2 Å². The summed E-state index contributed by atoms with van der Waals surface area (Å²) in [6.45, 7) is 1.38. The van der Waals surface area contributed by atoms with E-state index in [1.807, 2.05) is 48.5 Å². The Labute approximate surface area is 164 Å². The van der Waals surface area contributed by atoms with Crippen LogP contribution in [0.25, 0.3) is 0 Å². The van der Waals surface area contributed by atoms with Gasteiger partial charge >= 0.3 is 0 Å². The minimum atomic E-state index is -0.0625. The fraction of sp³-hybridized carbons (Fsp3) is 0.409. The number of amides is 1. The average molecular weight is 386 g/mol. The van der Waals surface area contributed by atoms with Crippen LogP contribution in [0, 0.1) is 5.92 Å². The molecule has 5 heteroatoms. The number of rotatable bonds is 7.